The number of benzene rings is 1. The fourth-order valence-corrected chi connectivity index (χ4v) is 2.29. The summed E-state index contributed by atoms with van der Waals surface area (Å²) in [5.41, 5.74) is 0.491. The van der Waals surface area contributed by atoms with Gasteiger partial charge in [0.05, 0.1) is 23.6 Å². The Hall–Kier alpha value is -1.55. The van der Waals surface area contributed by atoms with Crippen molar-refractivity contribution < 1.29 is 14.3 Å². The summed E-state index contributed by atoms with van der Waals surface area (Å²) in [6.45, 7) is 2.51. The summed E-state index contributed by atoms with van der Waals surface area (Å²) in [6, 6.07) is 7.22. The number of carbonyl (C=O) groups is 2. The molecule has 0 aliphatic heterocycles. The van der Waals surface area contributed by atoms with Crippen molar-refractivity contribution in [3.05, 3.63) is 34.9 Å². The van der Waals surface area contributed by atoms with Gasteiger partial charge in [0, 0.05) is 12.6 Å². The van der Waals surface area contributed by atoms with Gasteiger partial charge in [-0.05, 0) is 31.9 Å². The molecule has 1 fully saturated rings. The van der Waals surface area contributed by atoms with Crippen LogP contribution in [0.5, 0.6) is 0 Å². The maximum atomic E-state index is 12.5. The van der Waals surface area contributed by atoms with E-state index in [1.165, 1.54) is 0 Å². The zero-order valence-corrected chi connectivity index (χ0v) is 12.2. The lowest BCUT2D eigenvalue weighted by atomic mass is 10.2. The fourth-order valence-electron chi connectivity index (χ4n) is 2.07. The summed E-state index contributed by atoms with van der Waals surface area (Å²) in [6.07, 6.45) is 2.19. The van der Waals surface area contributed by atoms with E-state index in [0.717, 1.165) is 12.8 Å². The third-order valence-electron chi connectivity index (χ3n) is 3.21. The number of halogens is 1. The van der Waals surface area contributed by atoms with Crippen molar-refractivity contribution in [1.82, 2.24) is 4.90 Å². The van der Waals surface area contributed by atoms with E-state index >= 15 is 0 Å². The highest BCUT2D eigenvalue weighted by atomic mass is 35.5. The highest BCUT2D eigenvalue weighted by Crippen LogP contribution is 2.29. The van der Waals surface area contributed by atoms with Gasteiger partial charge in [0.1, 0.15) is 0 Å². The monoisotopic (exact) mass is 295 g/mol. The molecule has 4 nitrogen and oxygen atoms in total. The third kappa shape index (κ3) is 3.73. The number of hydrogen-bond donors (Lipinski definition) is 0. The molecule has 0 saturated heterocycles. The van der Waals surface area contributed by atoms with Crippen LogP contribution in [-0.4, -0.2) is 36.0 Å². The maximum Gasteiger partial charge on any atom is 0.307 e. The summed E-state index contributed by atoms with van der Waals surface area (Å²) in [7, 11) is 0. The summed E-state index contributed by atoms with van der Waals surface area (Å²) in [5, 5.41) is 0.444. The average Bonchev–Trinajstić information content (AvgIpc) is 3.24. The van der Waals surface area contributed by atoms with Crippen LogP contribution < -0.4 is 0 Å². The van der Waals surface area contributed by atoms with Crippen LogP contribution in [0, 0.1) is 0 Å². The number of amides is 1. The van der Waals surface area contributed by atoms with Crippen LogP contribution in [0.25, 0.3) is 0 Å². The first kappa shape index (κ1) is 14.9. The van der Waals surface area contributed by atoms with E-state index in [-0.39, 0.29) is 24.3 Å². The van der Waals surface area contributed by atoms with Gasteiger partial charge in [-0.15, -0.1) is 0 Å². The fraction of sp³-hybridized carbons (Fsp3) is 0.467. The van der Waals surface area contributed by atoms with E-state index in [1.54, 1.807) is 36.1 Å². The van der Waals surface area contributed by atoms with Crippen LogP contribution in [-0.2, 0) is 9.53 Å². The molecule has 5 heteroatoms. The Bertz CT molecular complexity index is 500. The van der Waals surface area contributed by atoms with Crippen LogP contribution in [0.4, 0.5) is 0 Å². The molecule has 0 bridgehead atoms. The van der Waals surface area contributed by atoms with Gasteiger partial charge >= 0.3 is 5.97 Å². The minimum absolute atomic E-state index is 0.109. The Balaban J connectivity index is 2.03. The van der Waals surface area contributed by atoms with E-state index in [9.17, 15) is 9.59 Å². The Labute approximate surface area is 123 Å². The van der Waals surface area contributed by atoms with Crippen molar-refractivity contribution in [1.29, 1.82) is 0 Å². The molecular weight excluding hydrogens is 278 g/mol. The van der Waals surface area contributed by atoms with E-state index in [1.807, 2.05) is 0 Å². The van der Waals surface area contributed by atoms with E-state index in [2.05, 4.69) is 0 Å². The van der Waals surface area contributed by atoms with Crippen LogP contribution in [0.1, 0.15) is 36.5 Å². The first-order valence-corrected chi connectivity index (χ1v) is 7.22. The molecule has 0 atom stereocenters. The van der Waals surface area contributed by atoms with Crippen molar-refractivity contribution in [3.63, 3.8) is 0 Å². The molecule has 1 saturated carbocycles. The molecule has 2 rings (SSSR count). The smallest absolute Gasteiger partial charge is 0.307 e. The van der Waals surface area contributed by atoms with Gasteiger partial charge in [-0.2, -0.15) is 0 Å². The SMILES string of the molecule is CCOC(=O)CCN(C(=O)c1ccccc1Cl)C1CC1. The quantitative estimate of drug-likeness (QED) is 0.758. The summed E-state index contributed by atoms with van der Waals surface area (Å²) in [5.74, 6) is -0.382. The Morgan fingerprint density at radius 3 is 2.65 bits per heavy atom. The summed E-state index contributed by atoms with van der Waals surface area (Å²) >= 11 is 6.06. The zero-order chi connectivity index (χ0) is 14.5. The second-order valence-corrected chi connectivity index (χ2v) is 5.17. The molecule has 0 heterocycles. The van der Waals surface area contributed by atoms with Crippen molar-refractivity contribution in [3.8, 4) is 0 Å². The standard InChI is InChI=1S/C15H18ClNO3/c1-2-20-14(18)9-10-17(11-7-8-11)15(19)12-5-3-4-6-13(12)16/h3-6,11H,2,7-10H2,1H3. The molecule has 0 spiro atoms. The average molecular weight is 296 g/mol. The lowest BCUT2D eigenvalue weighted by Gasteiger charge is -2.22. The number of nitrogens with zero attached hydrogens (tertiary/aromatic N) is 1. The minimum Gasteiger partial charge on any atom is -0.466 e. The second kappa shape index (κ2) is 6.75. The summed E-state index contributed by atoms with van der Waals surface area (Å²) < 4.78 is 4.90. The zero-order valence-electron chi connectivity index (χ0n) is 11.5. The van der Waals surface area contributed by atoms with Gasteiger partial charge in [0.15, 0.2) is 0 Å². The van der Waals surface area contributed by atoms with E-state index in [4.69, 9.17) is 16.3 Å². The molecule has 0 N–H and O–H groups in total. The number of rotatable bonds is 6. The molecular formula is C15H18ClNO3. The predicted molar refractivity (Wildman–Crippen MR) is 76.8 cm³/mol. The number of carbonyl (C=O) groups excluding carboxylic acids is 2. The van der Waals surface area contributed by atoms with Gasteiger partial charge < -0.3 is 9.64 Å². The van der Waals surface area contributed by atoms with Gasteiger partial charge in [-0.1, -0.05) is 23.7 Å². The Morgan fingerprint density at radius 2 is 2.05 bits per heavy atom. The number of esters is 1. The highest BCUT2D eigenvalue weighted by Gasteiger charge is 2.33. The first-order valence-electron chi connectivity index (χ1n) is 6.84. The van der Waals surface area contributed by atoms with Gasteiger partial charge in [-0.25, -0.2) is 0 Å². The molecule has 1 aromatic rings. The van der Waals surface area contributed by atoms with Gasteiger partial charge in [-0.3, -0.25) is 9.59 Å². The molecule has 0 radical (unpaired) electrons. The van der Waals surface area contributed by atoms with Crippen molar-refractivity contribution in [2.45, 2.75) is 32.2 Å². The maximum absolute atomic E-state index is 12.5. The van der Waals surface area contributed by atoms with Crippen LogP contribution in [0.15, 0.2) is 24.3 Å². The predicted octanol–water partition coefficient (Wildman–Crippen LogP) is 2.90. The normalized spacial score (nSPS) is 13.9. The lowest BCUT2D eigenvalue weighted by molar-refractivity contribution is -0.143. The van der Waals surface area contributed by atoms with Crippen molar-refractivity contribution in [2.24, 2.45) is 0 Å². The molecule has 1 aliphatic carbocycles. The molecule has 108 valence electrons. The van der Waals surface area contributed by atoms with Crippen molar-refractivity contribution in [2.75, 3.05) is 13.2 Å². The van der Waals surface area contributed by atoms with Crippen LogP contribution in [0.2, 0.25) is 5.02 Å². The summed E-state index contributed by atoms with van der Waals surface area (Å²) in [4.78, 5) is 25.7. The molecule has 1 aromatic carbocycles. The molecule has 1 amide bonds. The lowest BCUT2D eigenvalue weighted by Crippen LogP contribution is -2.35. The molecule has 1 aliphatic rings. The highest BCUT2D eigenvalue weighted by molar-refractivity contribution is 6.33. The number of hydrogen-bond acceptors (Lipinski definition) is 3. The molecule has 20 heavy (non-hydrogen) atoms. The second-order valence-electron chi connectivity index (χ2n) is 4.76. The first-order chi connectivity index (χ1) is 9.63. The van der Waals surface area contributed by atoms with E-state index < -0.39 is 0 Å². The van der Waals surface area contributed by atoms with Crippen molar-refractivity contribution >= 4 is 23.5 Å². The largest absolute Gasteiger partial charge is 0.466 e. The van der Waals surface area contributed by atoms with E-state index in [0.29, 0.717) is 23.7 Å². The van der Waals surface area contributed by atoms with Crippen LogP contribution >= 0.6 is 11.6 Å². The minimum atomic E-state index is -0.273. The van der Waals surface area contributed by atoms with Gasteiger partial charge in [0.25, 0.3) is 5.91 Å². The molecule has 0 aromatic heterocycles. The molecule has 0 unspecified atom stereocenters. The van der Waals surface area contributed by atoms with Crippen LogP contribution in [0.3, 0.4) is 0 Å². The Kier molecular flexibility index (Phi) is 5.01. The Morgan fingerprint density at radius 1 is 1.35 bits per heavy atom. The van der Waals surface area contributed by atoms with Gasteiger partial charge in [0.2, 0.25) is 0 Å². The third-order valence-corrected chi connectivity index (χ3v) is 3.54. The number of ether oxygens (including phenoxy) is 1. The topological polar surface area (TPSA) is 46.6 Å².